The van der Waals surface area contributed by atoms with Crippen LogP contribution in [0, 0.1) is 6.92 Å². The number of rotatable bonds is 9. The Balaban J connectivity index is 1.44. The quantitative estimate of drug-likeness (QED) is 0.425. The number of ether oxygens (including phenoxy) is 1. The molecule has 0 amide bonds. The van der Waals surface area contributed by atoms with Crippen molar-refractivity contribution in [2.24, 2.45) is 5.73 Å². The number of oxazole rings is 1. The van der Waals surface area contributed by atoms with E-state index < -0.39 is 13.4 Å². The first-order chi connectivity index (χ1) is 13.2. The predicted molar refractivity (Wildman–Crippen MR) is 103 cm³/mol. The summed E-state index contributed by atoms with van der Waals surface area (Å²) in [5, 5.41) is 0. The Bertz CT molecular complexity index is 818. The number of nitrogens with two attached hydrogens (primary N) is 1. The van der Waals surface area contributed by atoms with Crippen LogP contribution in [0.3, 0.4) is 0 Å². The van der Waals surface area contributed by atoms with E-state index in [1.807, 2.05) is 31.2 Å². The van der Waals surface area contributed by atoms with E-state index in [9.17, 15) is 4.57 Å². The molecular weight excluding hydrogens is 383 g/mol. The molecule has 0 saturated heterocycles. The van der Waals surface area contributed by atoms with Crippen LogP contribution in [0.5, 0.6) is 5.75 Å². The molecule has 1 fully saturated rings. The van der Waals surface area contributed by atoms with Crippen LogP contribution in [0.15, 0.2) is 34.9 Å². The summed E-state index contributed by atoms with van der Waals surface area (Å²) in [7, 11) is -4.50. The minimum absolute atomic E-state index is 0.140. The predicted octanol–water partition coefficient (Wildman–Crippen LogP) is 3.07. The SMILES string of the molecule is Cc1cnc(CCCOc2ccc([C@@H]3CC[C@](N)(COP(=O)(O)O)C3)cc2)o1. The maximum atomic E-state index is 10.9. The number of aromatic nitrogens is 1. The molecule has 4 N–H and O–H groups in total. The van der Waals surface area contributed by atoms with Crippen molar-refractivity contribution >= 4 is 7.82 Å². The van der Waals surface area contributed by atoms with Crippen molar-refractivity contribution in [1.29, 1.82) is 0 Å². The van der Waals surface area contributed by atoms with Gasteiger partial charge in [-0.1, -0.05) is 12.1 Å². The summed E-state index contributed by atoms with van der Waals surface area (Å²) in [5.74, 6) is 2.58. The third-order valence-electron chi connectivity index (χ3n) is 4.99. The number of phosphoric ester groups is 1. The summed E-state index contributed by atoms with van der Waals surface area (Å²) in [6.07, 6.45) is 5.42. The Labute approximate surface area is 164 Å². The van der Waals surface area contributed by atoms with Crippen LogP contribution in [-0.2, 0) is 15.5 Å². The average Bonchev–Trinajstić information content (AvgIpc) is 3.24. The number of hydrogen-bond acceptors (Lipinski definition) is 6. The Morgan fingerprint density at radius 1 is 1.36 bits per heavy atom. The van der Waals surface area contributed by atoms with Crippen LogP contribution in [0.25, 0.3) is 0 Å². The molecule has 1 aliphatic rings. The molecule has 0 bridgehead atoms. The minimum Gasteiger partial charge on any atom is -0.494 e. The molecule has 2 atom stereocenters. The molecule has 154 valence electrons. The van der Waals surface area contributed by atoms with Crippen LogP contribution >= 0.6 is 7.82 Å². The molecule has 3 rings (SSSR count). The normalized spacial score (nSPS) is 22.5. The van der Waals surface area contributed by atoms with Crippen LogP contribution < -0.4 is 10.5 Å². The lowest BCUT2D eigenvalue weighted by atomic mass is 9.94. The molecule has 0 unspecified atom stereocenters. The molecule has 2 aromatic rings. The van der Waals surface area contributed by atoms with Crippen molar-refractivity contribution in [3.05, 3.63) is 47.7 Å². The third-order valence-corrected chi connectivity index (χ3v) is 5.45. The van der Waals surface area contributed by atoms with E-state index in [-0.39, 0.29) is 12.5 Å². The largest absolute Gasteiger partial charge is 0.494 e. The zero-order valence-electron chi connectivity index (χ0n) is 15.9. The zero-order chi connectivity index (χ0) is 20.2. The van der Waals surface area contributed by atoms with Crippen LogP contribution in [0.1, 0.15) is 48.8 Å². The van der Waals surface area contributed by atoms with Gasteiger partial charge in [0.05, 0.1) is 19.4 Å². The molecule has 28 heavy (non-hydrogen) atoms. The molecule has 1 saturated carbocycles. The van der Waals surface area contributed by atoms with Gasteiger partial charge in [-0.2, -0.15) is 0 Å². The topological polar surface area (TPSA) is 128 Å². The molecule has 1 aromatic heterocycles. The third kappa shape index (κ3) is 6.15. The molecule has 1 heterocycles. The summed E-state index contributed by atoms with van der Waals surface area (Å²) in [6, 6.07) is 7.92. The molecule has 1 aromatic carbocycles. The van der Waals surface area contributed by atoms with Crippen molar-refractivity contribution < 1.29 is 28.0 Å². The van der Waals surface area contributed by atoms with E-state index in [0.29, 0.717) is 19.4 Å². The van der Waals surface area contributed by atoms with Crippen LogP contribution in [0.2, 0.25) is 0 Å². The van der Waals surface area contributed by atoms with Crippen LogP contribution in [0.4, 0.5) is 0 Å². The van der Waals surface area contributed by atoms with Gasteiger partial charge in [0.25, 0.3) is 0 Å². The van der Waals surface area contributed by atoms with E-state index in [2.05, 4.69) is 9.51 Å². The Hall–Kier alpha value is -1.70. The maximum Gasteiger partial charge on any atom is 0.469 e. The van der Waals surface area contributed by atoms with Crippen molar-refractivity contribution in [2.45, 2.75) is 50.5 Å². The number of nitrogens with zero attached hydrogens (tertiary/aromatic N) is 1. The summed E-state index contributed by atoms with van der Waals surface area (Å²) in [5.41, 5.74) is 6.68. The summed E-state index contributed by atoms with van der Waals surface area (Å²) in [6.45, 7) is 2.31. The Morgan fingerprint density at radius 3 is 2.75 bits per heavy atom. The van der Waals surface area contributed by atoms with Gasteiger partial charge < -0.3 is 24.7 Å². The fourth-order valence-electron chi connectivity index (χ4n) is 3.55. The highest BCUT2D eigenvalue weighted by atomic mass is 31.2. The second kappa shape index (κ2) is 8.76. The van der Waals surface area contributed by atoms with Crippen molar-refractivity contribution in [1.82, 2.24) is 4.98 Å². The lowest BCUT2D eigenvalue weighted by molar-refractivity contribution is 0.153. The number of benzene rings is 1. The summed E-state index contributed by atoms with van der Waals surface area (Å²) in [4.78, 5) is 21.9. The summed E-state index contributed by atoms with van der Waals surface area (Å²) >= 11 is 0. The van der Waals surface area contributed by atoms with Crippen molar-refractivity contribution in [2.75, 3.05) is 13.2 Å². The number of aryl methyl sites for hydroxylation is 2. The average molecular weight is 410 g/mol. The van der Waals surface area contributed by atoms with Crippen molar-refractivity contribution in [3.63, 3.8) is 0 Å². The van der Waals surface area contributed by atoms with Gasteiger partial charge in [-0.05, 0) is 56.2 Å². The molecule has 0 radical (unpaired) electrons. The second-order valence-corrected chi connectivity index (χ2v) is 8.69. The maximum absolute atomic E-state index is 10.9. The molecular formula is C19H27N2O6P. The van der Waals surface area contributed by atoms with Gasteiger partial charge in [0.1, 0.15) is 11.5 Å². The highest BCUT2D eigenvalue weighted by Gasteiger charge is 2.38. The van der Waals surface area contributed by atoms with Gasteiger partial charge in [-0.3, -0.25) is 4.52 Å². The zero-order valence-corrected chi connectivity index (χ0v) is 16.8. The Morgan fingerprint density at radius 2 is 2.11 bits per heavy atom. The van der Waals surface area contributed by atoms with Crippen LogP contribution in [-0.4, -0.2) is 33.5 Å². The van der Waals surface area contributed by atoms with Crippen molar-refractivity contribution in [3.8, 4) is 5.75 Å². The van der Waals surface area contributed by atoms with E-state index >= 15 is 0 Å². The number of phosphoric acid groups is 1. The first-order valence-electron chi connectivity index (χ1n) is 9.35. The monoisotopic (exact) mass is 410 g/mol. The standard InChI is InChI=1S/C19H27N2O6P/c1-14-12-21-18(27-14)3-2-10-25-17-6-4-15(5-7-17)16-8-9-19(20,11-16)13-26-28(22,23)24/h4-7,12,16H,2-3,8-11,13,20H2,1H3,(H2,22,23,24)/t16-,19-/m1/s1. The van der Waals surface area contributed by atoms with Gasteiger partial charge in [0.15, 0.2) is 5.89 Å². The second-order valence-electron chi connectivity index (χ2n) is 7.45. The number of hydrogen-bond donors (Lipinski definition) is 3. The van der Waals surface area contributed by atoms with E-state index in [4.69, 9.17) is 24.7 Å². The molecule has 9 heteroatoms. The molecule has 1 aliphatic carbocycles. The highest BCUT2D eigenvalue weighted by molar-refractivity contribution is 7.46. The molecule has 0 spiro atoms. The van der Waals surface area contributed by atoms with Gasteiger partial charge in [-0.25, -0.2) is 9.55 Å². The summed E-state index contributed by atoms with van der Waals surface area (Å²) < 4.78 is 26.7. The van der Waals surface area contributed by atoms with Gasteiger partial charge in [0.2, 0.25) is 0 Å². The van der Waals surface area contributed by atoms with E-state index in [1.54, 1.807) is 6.20 Å². The molecule has 0 aliphatic heterocycles. The van der Waals surface area contributed by atoms with E-state index in [0.717, 1.165) is 42.2 Å². The molecule has 8 nitrogen and oxygen atoms in total. The van der Waals surface area contributed by atoms with Gasteiger partial charge >= 0.3 is 7.82 Å². The lowest BCUT2D eigenvalue weighted by Crippen LogP contribution is -2.41. The van der Waals surface area contributed by atoms with Gasteiger partial charge in [-0.15, -0.1) is 0 Å². The highest BCUT2D eigenvalue weighted by Crippen LogP contribution is 2.43. The van der Waals surface area contributed by atoms with Gasteiger partial charge in [0, 0.05) is 12.0 Å². The minimum atomic E-state index is -4.50. The fourth-order valence-corrected chi connectivity index (χ4v) is 3.98. The first-order valence-corrected chi connectivity index (χ1v) is 10.9. The fraction of sp³-hybridized carbons (Fsp3) is 0.526. The van der Waals surface area contributed by atoms with E-state index in [1.165, 1.54) is 0 Å². The smallest absolute Gasteiger partial charge is 0.469 e. The lowest BCUT2D eigenvalue weighted by Gasteiger charge is -2.24. The Kier molecular flexibility index (Phi) is 6.58. The first kappa shape index (κ1) is 21.0.